The summed E-state index contributed by atoms with van der Waals surface area (Å²) in [4.78, 5) is 11.8. The number of aliphatic hydroxyl groups is 1. The summed E-state index contributed by atoms with van der Waals surface area (Å²) in [5.41, 5.74) is 1.67. The second-order valence-corrected chi connectivity index (χ2v) is 11.8. The Morgan fingerprint density at radius 1 is 1.02 bits per heavy atom. The summed E-state index contributed by atoms with van der Waals surface area (Å²) in [6.07, 6.45) is -1.81. The molecule has 0 saturated carbocycles. The lowest BCUT2D eigenvalue weighted by Gasteiger charge is -2.34. The summed E-state index contributed by atoms with van der Waals surface area (Å²) in [7, 11) is -4.11. The maximum absolute atomic E-state index is 13.8. The van der Waals surface area contributed by atoms with Crippen molar-refractivity contribution in [1.29, 1.82) is 0 Å². The molecule has 1 aliphatic heterocycles. The molecule has 1 heterocycles. The van der Waals surface area contributed by atoms with Gasteiger partial charge in [0.05, 0.1) is 22.3 Å². The Hall–Kier alpha value is -3.80. The van der Waals surface area contributed by atoms with Crippen molar-refractivity contribution in [3.63, 3.8) is 0 Å². The number of ether oxygens (including phenoxy) is 3. The number of nitrogens with zero attached hydrogens (tertiary/aromatic N) is 1. The van der Waals surface area contributed by atoms with E-state index in [4.69, 9.17) is 20.1 Å². The molecular weight excluding hydrogens is 536 g/mol. The Bertz CT molecular complexity index is 1380. The Balaban J connectivity index is 1.56. The minimum Gasteiger partial charge on any atom is -0.489 e. The average Bonchev–Trinajstić information content (AvgIpc) is 3.44. The molecule has 4 N–H and O–H groups in total. The molecule has 1 amide bonds. The summed E-state index contributed by atoms with van der Waals surface area (Å²) in [5, 5.41) is 20.3. The SMILES string of the molecule is CCCCC([C@H](O)[C@H](Cc1ccc(OCc2ccccc2)cc1)N(N)C(=O)O)S(=O)(=O)c1ccc2c(c1)OCO2. The number of hydrogen-bond donors (Lipinski definition) is 3. The van der Waals surface area contributed by atoms with Crippen LogP contribution in [-0.2, 0) is 22.9 Å². The molecule has 0 aromatic heterocycles. The first-order valence-corrected chi connectivity index (χ1v) is 14.6. The van der Waals surface area contributed by atoms with E-state index >= 15 is 0 Å². The minimum absolute atomic E-state index is 0.0117. The van der Waals surface area contributed by atoms with E-state index in [1.807, 2.05) is 37.3 Å². The van der Waals surface area contributed by atoms with Gasteiger partial charge in [0.2, 0.25) is 6.79 Å². The van der Waals surface area contributed by atoms with Crippen molar-refractivity contribution in [1.82, 2.24) is 5.01 Å². The Morgan fingerprint density at radius 2 is 1.73 bits per heavy atom. The molecule has 0 bridgehead atoms. The van der Waals surface area contributed by atoms with Crippen molar-refractivity contribution in [3.8, 4) is 17.2 Å². The lowest BCUT2D eigenvalue weighted by atomic mass is 9.96. The molecular formula is C29H34N2O8S. The summed E-state index contributed by atoms with van der Waals surface area (Å²) < 4.78 is 44.0. The molecule has 214 valence electrons. The Kier molecular flexibility index (Phi) is 9.51. The Morgan fingerprint density at radius 3 is 2.40 bits per heavy atom. The van der Waals surface area contributed by atoms with Crippen LogP contribution in [-0.4, -0.2) is 53.9 Å². The fraction of sp³-hybridized carbons (Fsp3) is 0.345. The van der Waals surface area contributed by atoms with Crippen LogP contribution in [0.15, 0.2) is 77.7 Å². The molecule has 10 nitrogen and oxygen atoms in total. The number of benzene rings is 3. The maximum Gasteiger partial charge on any atom is 0.421 e. The van der Waals surface area contributed by atoms with Gasteiger partial charge in [-0.15, -0.1) is 0 Å². The van der Waals surface area contributed by atoms with Gasteiger partial charge < -0.3 is 24.4 Å². The molecule has 3 aromatic carbocycles. The summed E-state index contributed by atoms with van der Waals surface area (Å²) in [6, 6.07) is 19.7. The number of rotatable bonds is 13. The molecule has 0 radical (unpaired) electrons. The van der Waals surface area contributed by atoms with Gasteiger partial charge in [0.1, 0.15) is 12.4 Å². The molecule has 0 fully saturated rings. The number of amides is 1. The second-order valence-electron chi connectivity index (χ2n) is 9.61. The number of fused-ring (bicyclic) bond motifs is 1. The van der Waals surface area contributed by atoms with Gasteiger partial charge in [-0.3, -0.25) is 0 Å². The van der Waals surface area contributed by atoms with E-state index in [0.29, 0.717) is 47.3 Å². The number of nitrogens with two attached hydrogens (primary N) is 1. The number of hydrazine groups is 1. The molecule has 3 aromatic rings. The fourth-order valence-electron chi connectivity index (χ4n) is 4.62. The zero-order chi connectivity index (χ0) is 28.7. The quantitative estimate of drug-likeness (QED) is 0.156. The molecule has 11 heteroatoms. The second kappa shape index (κ2) is 13.0. The van der Waals surface area contributed by atoms with Crippen molar-refractivity contribution in [2.24, 2.45) is 5.84 Å². The molecule has 1 unspecified atom stereocenters. The summed E-state index contributed by atoms with van der Waals surface area (Å²) >= 11 is 0. The van der Waals surface area contributed by atoms with Crippen LogP contribution < -0.4 is 20.1 Å². The fourth-order valence-corrected chi connectivity index (χ4v) is 6.52. The largest absolute Gasteiger partial charge is 0.489 e. The Labute approximate surface area is 233 Å². The maximum atomic E-state index is 13.8. The van der Waals surface area contributed by atoms with Crippen LogP contribution in [0.2, 0.25) is 0 Å². The number of unbranched alkanes of at least 4 members (excludes halogenated alkanes) is 1. The van der Waals surface area contributed by atoms with E-state index in [1.54, 1.807) is 24.3 Å². The van der Waals surface area contributed by atoms with Crippen molar-refractivity contribution in [3.05, 3.63) is 83.9 Å². The standard InChI is InChI=1S/C29H34N2O8S/c1-2-3-9-27(40(35,36)23-14-15-25-26(17-23)39-19-38-25)28(32)24(31(30)29(33)34)16-20-10-12-22(13-11-20)37-18-21-7-5-4-6-8-21/h4-8,10-15,17,24,27-28,32H,2-3,9,16,18-19,30H2,1H3,(H,33,34)/t24-,27?,28+/m0/s1. The molecule has 4 rings (SSSR count). The van der Waals surface area contributed by atoms with E-state index in [9.17, 15) is 23.4 Å². The van der Waals surface area contributed by atoms with Crippen LogP contribution in [0.1, 0.15) is 37.3 Å². The first-order chi connectivity index (χ1) is 19.2. The number of carbonyl (C=O) groups is 1. The minimum atomic E-state index is -4.11. The topological polar surface area (TPSA) is 149 Å². The lowest BCUT2D eigenvalue weighted by Crippen LogP contribution is -2.56. The molecule has 40 heavy (non-hydrogen) atoms. The first kappa shape index (κ1) is 29.2. The molecule has 0 spiro atoms. The number of hydrogen-bond acceptors (Lipinski definition) is 8. The van der Waals surface area contributed by atoms with E-state index in [1.165, 1.54) is 18.2 Å². The van der Waals surface area contributed by atoms with E-state index < -0.39 is 33.3 Å². The molecule has 1 aliphatic rings. The van der Waals surface area contributed by atoms with Gasteiger partial charge >= 0.3 is 6.09 Å². The summed E-state index contributed by atoms with van der Waals surface area (Å²) in [5.74, 6) is 7.22. The highest BCUT2D eigenvalue weighted by atomic mass is 32.2. The number of sulfone groups is 1. The third-order valence-corrected chi connectivity index (χ3v) is 9.11. The number of carboxylic acid groups (broad SMARTS) is 1. The summed E-state index contributed by atoms with van der Waals surface area (Å²) in [6.45, 7) is 2.27. The van der Waals surface area contributed by atoms with E-state index in [-0.39, 0.29) is 24.5 Å². The van der Waals surface area contributed by atoms with Gasteiger partial charge in [-0.05, 0) is 48.2 Å². The van der Waals surface area contributed by atoms with Crippen molar-refractivity contribution in [2.45, 2.75) is 61.5 Å². The average molecular weight is 571 g/mol. The van der Waals surface area contributed by atoms with Crippen LogP contribution in [0.5, 0.6) is 17.2 Å². The molecule has 0 aliphatic carbocycles. The smallest absolute Gasteiger partial charge is 0.421 e. The highest BCUT2D eigenvalue weighted by molar-refractivity contribution is 7.92. The van der Waals surface area contributed by atoms with Crippen LogP contribution in [0, 0.1) is 0 Å². The van der Waals surface area contributed by atoms with Crippen LogP contribution in [0.25, 0.3) is 0 Å². The van der Waals surface area contributed by atoms with Gasteiger partial charge in [-0.25, -0.2) is 24.1 Å². The lowest BCUT2D eigenvalue weighted by molar-refractivity contribution is 0.0436. The highest BCUT2D eigenvalue weighted by Gasteiger charge is 2.41. The predicted molar refractivity (Wildman–Crippen MR) is 148 cm³/mol. The normalized spacial score (nSPS) is 14.8. The monoisotopic (exact) mass is 570 g/mol. The molecule has 3 atom stereocenters. The van der Waals surface area contributed by atoms with Crippen LogP contribution in [0.4, 0.5) is 4.79 Å². The predicted octanol–water partition coefficient (Wildman–Crippen LogP) is 4.15. The van der Waals surface area contributed by atoms with E-state index in [0.717, 1.165) is 5.56 Å². The van der Waals surface area contributed by atoms with Crippen LogP contribution in [0.3, 0.4) is 0 Å². The molecule has 0 saturated heterocycles. The van der Waals surface area contributed by atoms with Crippen LogP contribution >= 0.6 is 0 Å². The van der Waals surface area contributed by atoms with Gasteiger partial charge in [-0.1, -0.05) is 62.2 Å². The highest BCUT2D eigenvalue weighted by Crippen LogP contribution is 2.36. The van der Waals surface area contributed by atoms with Gasteiger partial charge in [0.15, 0.2) is 21.3 Å². The zero-order valence-corrected chi connectivity index (χ0v) is 23.0. The first-order valence-electron chi connectivity index (χ1n) is 13.0. The third kappa shape index (κ3) is 6.85. The van der Waals surface area contributed by atoms with Gasteiger partial charge in [0.25, 0.3) is 0 Å². The van der Waals surface area contributed by atoms with Crippen molar-refractivity contribution in [2.75, 3.05) is 6.79 Å². The zero-order valence-electron chi connectivity index (χ0n) is 22.2. The van der Waals surface area contributed by atoms with Crippen molar-refractivity contribution >= 4 is 15.9 Å². The van der Waals surface area contributed by atoms with Gasteiger partial charge in [-0.2, -0.15) is 0 Å². The number of aliphatic hydroxyl groups excluding tert-OH is 1. The van der Waals surface area contributed by atoms with Gasteiger partial charge in [0, 0.05) is 6.07 Å². The van der Waals surface area contributed by atoms with E-state index in [2.05, 4.69) is 0 Å². The van der Waals surface area contributed by atoms with Crippen molar-refractivity contribution < 1.29 is 37.6 Å². The third-order valence-electron chi connectivity index (χ3n) is 6.88.